The number of carbonyl (C=O) groups is 2. The van der Waals surface area contributed by atoms with Crippen molar-refractivity contribution in [1.82, 2.24) is 10.2 Å². The molecule has 0 radical (unpaired) electrons. The molecule has 1 heterocycles. The molecule has 0 aromatic carbocycles. The lowest BCUT2D eigenvalue weighted by atomic mass is 10.3. The Balaban J connectivity index is 1.59. The minimum absolute atomic E-state index is 0.120. The van der Waals surface area contributed by atoms with Gasteiger partial charge in [0.05, 0.1) is 25.0 Å². The number of carboxylic acid groups (broad SMARTS) is 1. The first-order valence-corrected chi connectivity index (χ1v) is 5.99. The van der Waals surface area contributed by atoms with Crippen molar-refractivity contribution in [2.24, 2.45) is 11.8 Å². The van der Waals surface area contributed by atoms with E-state index in [1.165, 1.54) is 0 Å². The van der Waals surface area contributed by atoms with Crippen molar-refractivity contribution in [2.75, 3.05) is 39.4 Å². The van der Waals surface area contributed by atoms with Crippen LogP contribution in [0.25, 0.3) is 0 Å². The van der Waals surface area contributed by atoms with Gasteiger partial charge >= 0.3 is 5.97 Å². The standard InChI is InChI=1S/C11H18N2O4/c14-10(8-7-9(8)11(15)16)12-1-2-13-3-5-17-6-4-13/h8-9H,1-7H2,(H,12,14)(H,15,16)/t8-,9+/m1/s1. The summed E-state index contributed by atoms with van der Waals surface area (Å²) in [6.45, 7) is 4.69. The van der Waals surface area contributed by atoms with Gasteiger partial charge in [-0.1, -0.05) is 0 Å². The van der Waals surface area contributed by atoms with Gasteiger partial charge in [-0.3, -0.25) is 14.5 Å². The number of carbonyl (C=O) groups excluding carboxylic acids is 1. The second-order valence-electron chi connectivity index (χ2n) is 4.53. The first-order chi connectivity index (χ1) is 8.18. The van der Waals surface area contributed by atoms with Crippen molar-refractivity contribution in [2.45, 2.75) is 6.42 Å². The first-order valence-electron chi connectivity index (χ1n) is 5.99. The molecular weight excluding hydrogens is 224 g/mol. The van der Waals surface area contributed by atoms with Crippen LogP contribution in [0.3, 0.4) is 0 Å². The molecule has 0 spiro atoms. The maximum absolute atomic E-state index is 11.5. The van der Waals surface area contributed by atoms with E-state index in [4.69, 9.17) is 9.84 Å². The molecule has 2 aliphatic rings. The van der Waals surface area contributed by atoms with E-state index < -0.39 is 11.9 Å². The molecule has 1 aliphatic heterocycles. The molecule has 0 unspecified atom stereocenters. The summed E-state index contributed by atoms with van der Waals surface area (Å²) in [5.74, 6) is -1.75. The molecular formula is C11H18N2O4. The molecule has 6 nitrogen and oxygen atoms in total. The molecule has 0 aromatic rings. The van der Waals surface area contributed by atoms with Crippen LogP contribution in [0.2, 0.25) is 0 Å². The summed E-state index contributed by atoms with van der Waals surface area (Å²) in [7, 11) is 0. The van der Waals surface area contributed by atoms with Crippen molar-refractivity contribution in [3.63, 3.8) is 0 Å². The second kappa shape index (κ2) is 5.46. The van der Waals surface area contributed by atoms with E-state index in [2.05, 4.69) is 10.2 Å². The number of ether oxygens (including phenoxy) is 1. The van der Waals surface area contributed by atoms with Crippen molar-refractivity contribution in [3.8, 4) is 0 Å². The van der Waals surface area contributed by atoms with Gasteiger partial charge in [-0.05, 0) is 6.42 Å². The number of hydrogen-bond acceptors (Lipinski definition) is 4. The maximum atomic E-state index is 11.5. The Kier molecular flexibility index (Phi) is 3.96. The van der Waals surface area contributed by atoms with E-state index in [9.17, 15) is 9.59 Å². The zero-order valence-electron chi connectivity index (χ0n) is 9.72. The van der Waals surface area contributed by atoms with Crippen LogP contribution in [0.5, 0.6) is 0 Å². The van der Waals surface area contributed by atoms with Crippen LogP contribution in [-0.4, -0.2) is 61.3 Å². The van der Waals surface area contributed by atoms with Gasteiger partial charge in [-0.2, -0.15) is 0 Å². The Labute approximate surface area is 99.9 Å². The highest BCUT2D eigenvalue weighted by molar-refractivity contribution is 5.89. The monoisotopic (exact) mass is 242 g/mol. The molecule has 1 saturated heterocycles. The fraction of sp³-hybridized carbons (Fsp3) is 0.818. The topological polar surface area (TPSA) is 78.9 Å². The molecule has 0 aromatic heterocycles. The zero-order valence-corrected chi connectivity index (χ0v) is 9.72. The quantitative estimate of drug-likeness (QED) is 0.657. The number of aliphatic carboxylic acids is 1. The van der Waals surface area contributed by atoms with Crippen LogP contribution in [-0.2, 0) is 14.3 Å². The van der Waals surface area contributed by atoms with Gasteiger partial charge in [0, 0.05) is 26.2 Å². The summed E-state index contributed by atoms with van der Waals surface area (Å²) in [6.07, 6.45) is 0.485. The number of amides is 1. The molecule has 2 atom stereocenters. The van der Waals surface area contributed by atoms with Crippen LogP contribution in [0, 0.1) is 11.8 Å². The summed E-state index contributed by atoms with van der Waals surface area (Å²) in [6, 6.07) is 0. The molecule has 2 fully saturated rings. The molecule has 96 valence electrons. The highest BCUT2D eigenvalue weighted by Crippen LogP contribution is 2.38. The van der Waals surface area contributed by atoms with Crippen LogP contribution < -0.4 is 5.32 Å². The molecule has 17 heavy (non-hydrogen) atoms. The van der Waals surface area contributed by atoms with Gasteiger partial charge in [0.2, 0.25) is 5.91 Å². The lowest BCUT2D eigenvalue weighted by molar-refractivity contribution is -0.140. The fourth-order valence-corrected chi connectivity index (χ4v) is 2.05. The smallest absolute Gasteiger partial charge is 0.307 e. The van der Waals surface area contributed by atoms with Crippen molar-refractivity contribution in [3.05, 3.63) is 0 Å². The minimum Gasteiger partial charge on any atom is -0.481 e. The first kappa shape index (κ1) is 12.3. The molecule has 2 N–H and O–H groups in total. The third-order valence-corrected chi connectivity index (χ3v) is 3.28. The van der Waals surface area contributed by atoms with Gasteiger partial charge < -0.3 is 15.2 Å². The number of nitrogens with zero attached hydrogens (tertiary/aromatic N) is 1. The highest BCUT2D eigenvalue weighted by atomic mass is 16.5. The van der Waals surface area contributed by atoms with Crippen LogP contribution >= 0.6 is 0 Å². The van der Waals surface area contributed by atoms with Crippen molar-refractivity contribution in [1.29, 1.82) is 0 Å². The lowest BCUT2D eigenvalue weighted by Gasteiger charge is -2.26. The Morgan fingerprint density at radius 2 is 2.00 bits per heavy atom. The number of nitrogens with one attached hydrogen (secondary N) is 1. The van der Waals surface area contributed by atoms with Crippen LogP contribution in [0.1, 0.15) is 6.42 Å². The number of rotatable bonds is 5. The maximum Gasteiger partial charge on any atom is 0.307 e. The molecule has 1 aliphatic carbocycles. The number of carboxylic acids is 1. The molecule has 2 rings (SSSR count). The van der Waals surface area contributed by atoms with E-state index >= 15 is 0 Å². The van der Waals surface area contributed by atoms with Crippen LogP contribution in [0.15, 0.2) is 0 Å². The Morgan fingerprint density at radius 1 is 1.29 bits per heavy atom. The average molecular weight is 242 g/mol. The van der Waals surface area contributed by atoms with Gasteiger partial charge in [0.1, 0.15) is 0 Å². The predicted molar refractivity (Wildman–Crippen MR) is 59.5 cm³/mol. The van der Waals surface area contributed by atoms with Gasteiger partial charge in [0.25, 0.3) is 0 Å². The van der Waals surface area contributed by atoms with Gasteiger partial charge in [-0.15, -0.1) is 0 Å². The largest absolute Gasteiger partial charge is 0.481 e. The third kappa shape index (κ3) is 3.41. The third-order valence-electron chi connectivity index (χ3n) is 3.28. The Bertz CT molecular complexity index is 302. The Hall–Kier alpha value is -1.14. The highest BCUT2D eigenvalue weighted by Gasteiger charge is 2.48. The van der Waals surface area contributed by atoms with Gasteiger partial charge in [0.15, 0.2) is 0 Å². The fourth-order valence-electron chi connectivity index (χ4n) is 2.05. The molecule has 1 saturated carbocycles. The zero-order chi connectivity index (χ0) is 12.3. The summed E-state index contributed by atoms with van der Waals surface area (Å²) in [5.41, 5.74) is 0. The SMILES string of the molecule is O=C(O)[C@H]1C[C@H]1C(=O)NCCN1CCOCC1. The number of hydrogen-bond donors (Lipinski definition) is 2. The van der Waals surface area contributed by atoms with E-state index in [-0.39, 0.29) is 11.8 Å². The average Bonchev–Trinajstić information content (AvgIpc) is 3.10. The summed E-state index contributed by atoms with van der Waals surface area (Å²) < 4.78 is 5.22. The molecule has 6 heteroatoms. The van der Waals surface area contributed by atoms with E-state index in [1.54, 1.807) is 0 Å². The summed E-state index contributed by atoms with van der Waals surface area (Å²) in [4.78, 5) is 24.4. The molecule has 0 bridgehead atoms. The number of morpholine rings is 1. The minimum atomic E-state index is -0.863. The summed E-state index contributed by atoms with van der Waals surface area (Å²) in [5, 5.41) is 11.5. The Morgan fingerprint density at radius 3 is 2.59 bits per heavy atom. The van der Waals surface area contributed by atoms with Gasteiger partial charge in [-0.25, -0.2) is 0 Å². The van der Waals surface area contributed by atoms with E-state index in [1.807, 2.05) is 0 Å². The van der Waals surface area contributed by atoms with Crippen molar-refractivity contribution < 1.29 is 19.4 Å². The van der Waals surface area contributed by atoms with E-state index in [0.29, 0.717) is 13.0 Å². The summed E-state index contributed by atoms with van der Waals surface area (Å²) >= 11 is 0. The van der Waals surface area contributed by atoms with Crippen molar-refractivity contribution >= 4 is 11.9 Å². The van der Waals surface area contributed by atoms with E-state index in [0.717, 1.165) is 32.8 Å². The lowest BCUT2D eigenvalue weighted by Crippen LogP contribution is -2.41. The normalized spacial score (nSPS) is 28.7. The van der Waals surface area contributed by atoms with Crippen LogP contribution in [0.4, 0.5) is 0 Å². The molecule has 1 amide bonds. The predicted octanol–water partition coefficient (Wildman–Crippen LogP) is -0.844. The second-order valence-corrected chi connectivity index (χ2v) is 4.53.